The molecule has 4 N–H and O–H groups in total. The van der Waals surface area contributed by atoms with E-state index in [-0.39, 0.29) is 17.0 Å². The highest BCUT2D eigenvalue weighted by Gasteiger charge is 2.25. The van der Waals surface area contributed by atoms with E-state index in [0.29, 0.717) is 12.8 Å². The van der Waals surface area contributed by atoms with Gasteiger partial charge in [-0.3, -0.25) is 4.79 Å². The predicted octanol–water partition coefficient (Wildman–Crippen LogP) is 0.615. The Morgan fingerprint density at radius 1 is 1.25 bits per heavy atom. The molecule has 0 radical (unpaired) electrons. The second-order valence-electron chi connectivity index (χ2n) is 4.64. The van der Waals surface area contributed by atoms with Crippen molar-refractivity contribution in [1.82, 2.24) is 4.72 Å². The van der Waals surface area contributed by atoms with Gasteiger partial charge in [0.15, 0.2) is 0 Å². The van der Waals surface area contributed by atoms with Crippen LogP contribution >= 0.6 is 0 Å². The van der Waals surface area contributed by atoms with Crippen LogP contribution in [0.15, 0.2) is 29.2 Å². The number of carbonyl (C=O) groups excluding carboxylic acids is 1. The molecule has 0 aliphatic carbocycles. The fraction of sp³-hybridized carbons (Fsp3) is 0.462. The fourth-order valence-electron chi connectivity index (χ4n) is 1.61. The summed E-state index contributed by atoms with van der Waals surface area (Å²) >= 11 is 0. The highest BCUT2D eigenvalue weighted by Crippen LogP contribution is 2.15. The van der Waals surface area contributed by atoms with Gasteiger partial charge in [0.05, 0.1) is 10.5 Å². The van der Waals surface area contributed by atoms with Crippen LogP contribution in [-0.4, -0.2) is 31.6 Å². The molecule has 0 fully saturated rings. The lowest BCUT2D eigenvalue weighted by molar-refractivity contribution is 0.0377. The largest absolute Gasteiger partial charge is 0.389 e. The number of aliphatic hydroxyl groups is 1. The van der Waals surface area contributed by atoms with Gasteiger partial charge >= 0.3 is 0 Å². The van der Waals surface area contributed by atoms with E-state index in [0.717, 1.165) is 0 Å². The van der Waals surface area contributed by atoms with Crippen LogP contribution in [0.2, 0.25) is 0 Å². The zero-order chi connectivity index (χ0) is 15.4. The minimum atomic E-state index is -3.72. The average molecular weight is 300 g/mol. The topological polar surface area (TPSA) is 109 Å². The maximum Gasteiger partial charge on any atom is 0.248 e. The van der Waals surface area contributed by atoms with Gasteiger partial charge in [-0.1, -0.05) is 13.8 Å². The molecule has 1 aromatic carbocycles. The summed E-state index contributed by atoms with van der Waals surface area (Å²) in [5.74, 6) is -0.617. The Kier molecular flexibility index (Phi) is 5.27. The Labute approximate surface area is 119 Å². The lowest BCUT2D eigenvalue weighted by Gasteiger charge is -2.25. The van der Waals surface area contributed by atoms with E-state index >= 15 is 0 Å². The third-order valence-corrected chi connectivity index (χ3v) is 4.77. The second kappa shape index (κ2) is 6.34. The molecule has 0 aliphatic heterocycles. The Bertz CT molecular complexity index is 563. The molecular weight excluding hydrogens is 280 g/mol. The highest BCUT2D eigenvalue weighted by molar-refractivity contribution is 7.89. The monoisotopic (exact) mass is 300 g/mol. The Balaban J connectivity index is 2.86. The van der Waals surface area contributed by atoms with Gasteiger partial charge in [-0.2, -0.15) is 0 Å². The molecule has 7 heteroatoms. The van der Waals surface area contributed by atoms with E-state index in [9.17, 15) is 18.3 Å². The SMILES string of the molecule is CCC(O)(CC)CNS(=O)(=O)c1ccc(C(N)=O)cc1. The highest BCUT2D eigenvalue weighted by atomic mass is 32.2. The van der Waals surface area contributed by atoms with Gasteiger partial charge in [0.2, 0.25) is 15.9 Å². The maximum atomic E-state index is 12.1. The molecule has 0 saturated carbocycles. The Morgan fingerprint density at radius 3 is 2.15 bits per heavy atom. The van der Waals surface area contributed by atoms with Crippen molar-refractivity contribution in [2.24, 2.45) is 5.73 Å². The summed E-state index contributed by atoms with van der Waals surface area (Å²) in [4.78, 5) is 10.9. The van der Waals surface area contributed by atoms with Crippen LogP contribution in [0.4, 0.5) is 0 Å². The van der Waals surface area contributed by atoms with Crippen LogP contribution in [0.3, 0.4) is 0 Å². The van der Waals surface area contributed by atoms with Crippen LogP contribution in [0.5, 0.6) is 0 Å². The number of rotatable bonds is 7. The van der Waals surface area contributed by atoms with Gasteiger partial charge in [0, 0.05) is 12.1 Å². The number of primary amides is 1. The van der Waals surface area contributed by atoms with Crippen molar-refractivity contribution in [3.05, 3.63) is 29.8 Å². The zero-order valence-corrected chi connectivity index (χ0v) is 12.4. The minimum Gasteiger partial charge on any atom is -0.389 e. The van der Waals surface area contributed by atoms with Gasteiger partial charge < -0.3 is 10.8 Å². The Morgan fingerprint density at radius 2 is 1.75 bits per heavy atom. The summed E-state index contributed by atoms with van der Waals surface area (Å²) in [6.07, 6.45) is 0.902. The van der Waals surface area contributed by atoms with Gasteiger partial charge in [-0.05, 0) is 37.1 Å². The molecule has 0 saturated heterocycles. The molecule has 1 rings (SSSR count). The van der Waals surface area contributed by atoms with Crippen molar-refractivity contribution in [2.75, 3.05) is 6.54 Å². The van der Waals surface area contributed by atoms with E-state index in [1.54, 1.807) is 13.8 Å². The van der Waals surface area contributed by atoms with Crippen molar-refractivity contribution in [2.45, 2.75) is 37.2 Å². The number of carbonyl (C=O) groups is 1. The summed E-state index contributed by atoms with van der Waals surface area (Å²) in [6.45, 7) is 3.53. The number of sulfonamides is 1. The van der Waals surface area contributed by atoms with Gasteiger partial charge in [-0.25, -0.2) is 13.1 Å². The number of nitrogens with two attached hydrogens (primary N) is 1. The van der Waals surface area contributed by atoms with Crippen molar-refractivity contribution in [3.63, 3.8) is 0 Å². The zero-order valence-electron chi connectivity index (χ0n) is 11.6. The van der Waals surface area contributed by atoms with Crippen LogP contribution in [-0.2, 0) is 10.0 Å². The number of amides is 1. The lowest BCUT2D eigenvalue weighted by Crippen LogP contribution is -2.41. The van der Waals surface area contributed by atoms with E-state index in [2.05, 4.69) is 4.72 Å². The molecule has 1 aromatic rings. The maximum absolute atomic E-state index is 12.1. The van der Waals surface area contributed by atoms with E-state index in [4.69, 9.17) is 5.73 Å². The molecule has 112 valence electrons. The molecule has 0 aromatic heterocycles. The molecule has 0 heterocycles. The lowest BCUT2D eigenvalue weighted by atomic mass is 9.98. The third kappa shape index (κ3) is 4.03. The van der Waals surface area contributed by atoms with Gasteiger partial charge in [0.1, 0.15) is 0 Å². The first-order valence-corrected chi connectivity index (χ1v) is 7.84. The van der Waals surface area contributed by atoms with Crippen LogP contribution in [0.1, 0.15) is 37.0 Å². The van der Waals surface area contributed by atoms with Crippen molar-refractivity contribution >= 4 is 15.9 Å². The quantitative estimate of drug-likeness (QED) is 0.685. The van der Waals surface area contributed by atoms with Gasteiger partial charge in [0.25, 0.3) is 0 Å². The minimum absolute atomic E-state index is 0.0251. The average Bonchev–Trinajstić information content (AvgIpc) is 2.45. The van der Waals surface area contributed by atoms with Crippen molar-refractivity contribution < 1.29 is 18.3 Å². The first-order valence-electron chi connectivity index (χ1n) is 6.36. The molecule has 0 atom stereocenters. The van der Waals surface area contributed by atoms with E-state index < -0.39 is 21.5 Å². The first-order chi connectivity index (χ1) is 9.24. The standard InChI is InChI=1S/C13H20N2O4S/c1-3-13(17,4-2)9-15-20(18,19)11-7-5-10(6-8-11)12(14)16/h5-8,15,17H,3-4,9H2,1-2H3,(H2,14,16). The molecule has 6 nitrogen and oxygen atoms in total. The normalized spacial score (nSPS) is 12.3. The number of hydrogen-bond donors (Lipinski definition) is 3. The van der Waals surface area contributed by atoms with Crippen LogP contribution in [0.25, 0.3) is 0 Å². The van der Waals surface area contributed by atoms with E-state index in [1.165, 1.54) is 24.3 Å². The predicted molar refractivity (Wildman–Crippen MR) is 75.7 cm³/mol. The molecule has 0 aliphatic rings. The Hall–Kier alpha value is -1.44. The first kappa shape index (κ1) is 16.6. The van der Waals surface area contributed by atoms with Crippen molar-refractivity contribution in [1.29, 1.82) is 0 Å². The van der Waals surface area contributed by atoms with Gasteiger partial charge in [-0.15, -0.1) is 0 Å². The summed E-state index contributed by atoms with van der Waals surface area (Å²) < 4.78 is 26.5. The molecule has 0 bridgehead atoms. The summed E-state index contributed by atoms with van der Waals surface area (Å²) in [6, 6.07) is 5.31. The van der Waals surface area contributed by atoms with Crippen LogP contribution < -0.4 is 10.5 Å². The number of hydrogen-bond acceptors (Lipinski definition) is 4. The van der Waals surface area contributed by atoms with E-state index in [1.807, 2.05) is 0 Å². The molecule has 0 spiro atoms. The second-order valence-corrected chi connectivity index (χ2v) is 6.41. The van der Waals surface area contributed by atoms with Crippen LogP contribution in [0, 0.1) is 0 Å². The summed E-state index contributed by atoms with van der Waals surface area (Å²) in [7, 11) is -3.72. The summed E-state index contributed by atoms with van der Waals surface area (Å²) in [5, 5.41) is 10.1. The van der Waals surface area contributed by atoms with Crippen molar-refractivity contribution in [3.8, 4) is 0 Å². The third-order valence-electron chi connectivity index (χ3n) is 3.36. The molecule has 20 heavy (non-hydrogen) atoms. The molecule has 1 amide bonds. The number of nitrogens with one attached hydrogen (secondary N) is 1. The fourth-order valence-corrected chi connectivity index (χ4v) is 2.73. The number of benzene rings is 1. The molecule has 0 unspecified atom stereocenters. The molecular formula is C13H20N2O4S. The smallest absolute Gasteiger partial charge is 0.248 e. The summed E-state index contributed by atoms with van der Waals surface area (Å²) in [5.41, 5.74) is 4.27.